The van der Waals surface area contributed by atoms with Gasteiger partial charge in [-0.15, -0.1) is 0 Å². The van der Waals surface area contributed by atoms with Gasteiger partial charge in [-0.2, -0.15) is 0 Å². The van der Waals surface area contributed by atoms with Crippen LogP contribution in [-0.2, 0) is 12.8 Å². The van der Waals surface area contributed by atoms with Crippen molar-refractivity contribution in [1.82, 2.24) is 0 Å². The molecular weight excluding hydrogens is 468 g/mol. The number of aromatic hydroxyl groups is 3. The van der Waals surface area contributed by atoms with Crippen molar-refractivity contribution in [3.63, 3.8) is 0 Å². The number of benzene rings is 2. The predicted octanol–water partition coefficient (Wildman–Crippen LogP) is 6.82. The van der Waals surface area contributed by atoms with Crippen molar-refractivity contribution in [3.8, 4) is 34.1 Å². The number of ether oxygens (including phenoxy) is 1. The summed E-state index contributed by atoms with van der Waals surface area (Å²) >= 11 is 0. The van der Waals surface area contributed by atoms with Gasteiger partial charge in [0.25, 0.3) is 0 Å². The Labute approximate surface area is 220 Å². The minimum absolute atomic E-state index is 0.0860. The van der Waals surface area contributed by atoms with Crippen LogP contribution in [0, 0.1) is 0 Å². The van der Waals surface area contributed by atoms with E-state index in [1.165, 1.54) is 44.9 Å². The molecular formula is C31H44O6. The zero-order valence-electron chi connectivity index (χ0n) is 22.4. The standard InChI is InChI=1S/C31H44O6/c1-31(2)30(36)29(35)27-24(37-31)19-21-16-14-12-10-8-6-4-3-5-7-9-11-13-15-20-17-22(32)26(23(33)18-20)25(21)28(27)34/h17-19,29-30,32-36H,3-16H2,1-2H3. The lowest BCUT2D eigenvalue weighted by Gasteiger charge is -2.40. The number of aliphatic hydroxyl groups is 2. The lowest BCUT2D eigenvalue weighted by atomic mass is 9.83. The van der Waals surface area contributed by atoms with Gasteiger partial charge < -0.3 is 30.3 Å². The number of phenolic OH excluding ortho intramolecular Hbond substituents is 3. The third-order valence-electron chi connectivity index (χ3n) is 8.13. The summed E-state index contributed by atoms with van der Waals surface area (Å²) in [5.41, 5.74) is 1.09. The summed E-state index contributed by atoms with van der Waals surface area (Å²) in [7, 11) is 0. The van der Waals surface area contributed by atoms with Crippen LogP contribution in [0.5, 0.6) is 23.0 Å². The van der Waals surface area contributed by atoms with Gasteiger partial charge in [0.2, 0.25) is 0 Å². The van der Waals surface area contributed by atoms with E-state index < -0.39 is 17.8 Å². The Kier molecular flexibility index (Phi) is 8.91. The molecule has 0 spiro atoms. The van der Waals surface area contributed by atoms with E-state index in [4.69, 9.17) is 4.74 Å². The summed E-state index contributed by atoms with van der Waals surface area (Å²) < 4.78 is 6.03. The number of aliphatic hydroxyl groups excluding tert-OH is 2. The fraction of sp³-hybridized carbons (Fsp3) is 0.613. The van der Waals surface area contributed by atoms with Crippen LogP contribution >= 0.6 is 0 Å². The number of phenols is 3. The maximum atomic E-state index is 11.5. The predicted molar refractivity (Wildman–Crippen MR) is 145 cm³/mol. The van der Waals surface area contributed by atoms with Crippen LogP contribution in [0.25, 0.3) is 11.1 Å². The molecule has 1 aliphatic heterocycles. The minimum atomic E-state index is -1.37. The summed E-state index contributed by atoms with van der Waals surface area (Å²) in [5, 5.41) is 55.1. The number of aryl methyl sites for hydroxylation is 2. The number of fused-ring (bicyclic) bond motifs is 16. The molecule has 5 rings (SSSR count). The monoisotopic (exact) mass is 512 g/mol. The van der Waals surface area contributed by atoms with E-state index in [1.807, 2.05) is 0 Å². The van der Waals surface area contributed by atoms with Gasteiger partial charge in [0.15, 0.2) is 0 Å². The van der Waals surface area contributed by atoms with E-state index >= 15 is 0 Å². The molecule has 2 atom stereocenters. The van der Waals surface area contributed by atoms with Crippen molar-refractivity contribution in [3.05, 3.63) is 34.9 Å². The van der Waals surface area contributed by atoms with E-state index in [0.29, 0.717) is 17.7 Å². The second-order valence-electron chi connectivity index (χ2n) is 11.5. The molecule has 0 saturated carbocycles. The minimum Gasteiger partial charge on any atom is -0.507 e. The molecule has 5 N–H and O–H groups in total. The van der Waals surface area contributed by atoms with Crippen molar-refractivity contribution in [2.45, 2.75) is 122 Å². The van der Waals surface area contributed by atoms with Gasteiger partial charge in [-0.05, 0) is 68.9 Å². The zero-order chi connectivity index (χ0) is 26.6. The second kappa shape index (κ2) is 12.0. The van der Waals surface area contributed by atoms with Gasteiger partial charge in [-0.1, -0.05) is 64.2 Å². The van der Waals surface area contributed by atoms with Crippen LogP contribution in [0.2, 0.25) is 0 Å². The maximum absolute atomic E-state index is 11.5. The molecule has 3 aliphatic rings. The molecule has 37 heavy (non-hydrogen) atoms. The lowest BCUT2D eigenvalue weighted by molar-refractivity contribution is -0.112. The molecule has 2 bridgehead atoms. The van der Waals surface area contributed by atoms with Crippen LogP contribution in [0.1, 0.15) is 114 Å². The van der Waals surface area contributed by atoms with Gasteiger partial charge in [0.05, 0.1) is 11.1 Å². The maximum Gasteiger partial charge on any atom is 0.133 e. The molecule has 2 aromatic rings. The van der Waals surface area contributed by atoms with Gasteiger partial charge in [0.1, 0.15) is 40.8 Å². The van der Waals surface area contributed by atoms with E-state index in [1.54, 1.807) is 32.0 Å². The smallest absolute Gasteiger partial charge is 0.133 e. The zero-order valence-corrected chi connectivity index (χ0v) is 22.4. The molecule has 0 amide bonds. The van der Waals surface area contributed by atoms with Gasteiger partial charge in [-0.3, -0.25) is 0 Å². The van der Waals surface area contributed by atoms with E-state index in [9.17, 15) is 25.5 Å². The molecule has 204 valence electrons. The number of hydrogen-bond acceptors (Lipinski definition) is 6. The average Bonchev–Trinajstić information content (AvgIpc) is 2.83. The highest BCUT2D eigenvalue weighted by Crippen LogP contribution is 2.53. The summed E-state index contributed by atoms with van der Waals surface area (Å²) in [6.07, 6.45) is 12.8. The Morgan fingerprint density at radius 2 is 1.16 bits per heavy atom. The lowest BCUT2D eigenvalue weighted by Crippen LogP contribution is -2.48. The van der Waals surface area contributed by atoms with E-state index in [0.717, 1.165) is 49.7 Å². The Morgan fingerprint density at radius 3 is 1.70 bits per heavy atom. The Bertz CT molecular complexity index is 1050. The molecule has 6 heteroatoms. The molecule has 0 aromatic heterocycles. The molecule has 0 radical (unpaired) electrons. The summed E-state index contributed by atoms with van der Waals surface area (Å²) in [6.45, 7) is 3.40. The Hall–Kier alpha value is -2.44. The van der Waals surface area contributed by atoms with Crippen LogP contribution in [-0.4, -0.2) is 37.2 Å². The first-order valence-electron chi connectivity index (χ1n) is 14.2. The first-order chi connectivity index (χ1) is 17.7. The van der Waals surface area contributed by atoms with E-state index in [2.05, 4.69) is 0 Å². The molecule has 2 unspecified atom stereocenters. The SMILES string of the molecule is CC1(C)Oc2cc3c(c(O)c2C(O)C1O)-c1c(O)cc(cc1O)CCCCCCCCCCCCCC3. The third kappa shape index (κ3) is 6.18. The number of rotatable bonds is 0. The molecule has 0 fully saturated rings. The highest BCUT2D eigenvalue weighted by Gasteiger charge is 2.44. The second-order valence-corrected chi connectivity index (χ2v) is 11.5. The van der Waals surface area contributed by atoms with Crippen molar-refractivity contribution < 1.29 is 30.3 Å². The van der Waals surface area contributed by atoms with Crippen LogP contribution in [0.3, 0.4) is 0 Å². The first kappa shape index (κ1) is 27.6. The Morgan fingerprint density at radius 1 is 0.676 bits per heavy atom. The van der Waals surface area contributed by atoms with Crippen molar-refractivity contribution in [2.24, 2.45) is 0 Å². The molecule has 0 saturated heterocycles. The summed E-state index contributed by atoms with van der Waals surface area (Å²) in [5.74, 6) is -0.153. The van der Waals surface area contributed by atoms with Crippen LogP contribution in [0.4, 0.5) is 0 Å². The molecule has 2 aliphatic carbocycles. The highest BCUT2D eigenvalue weighted by molar-refractivity contribution is 5.85. The molecule has 2 aromatic carbocycles. The van der Waals surface area contributed by atoms with E-state index in [-0.39, 0.29) is 28.4 Å². The van der Waals surface area contributed by atoms with Gasteiger partial charge in [0, 0.05) is 5.56 Å². The van der Waals surface area contributed by atoms with Crippen molar-refractivity contribution in [1.29, 1.82) is 0 Å². The molecule has 6 nitrogen and oxygen atoms in total. The van der Waals surface area contributed by atoms with Gasteiger partial charge in [-0.25, -0.2) is 0 Å². The summed E-state index contributed by atoms with van der Waals surface area (Å²) in [4.78, 5) is 0. The van der Waals surface area contributed by atoms with Crippen LogP contribution < -0.4 is 4.74 Å². The topological polar surface area (TPSA) is 110 Å². The average molecular weight is 513 g/mol. The first-order valence-corrected chi connectivity index (χ1v) is 14.2. The summed E-state index contributed by atoms with van der Waals surface area (Å²) in [6, 6.07) is 5.13. The third-order valence-corrected chi connectivity index (χ3v) is 8.13. The number of hydrogen-bond donors (Lipinski definition) is 5. The van der Waals surface area contributed by atoms with Crippen LogP contribution in [0.15, 0.2) is 18.2 Å². The normalized spacial score (nSPS) is 23.5. The quantitative estimate of drug-likeness (QED) is 0.265. The fourth-order valence-electron chi connectivity index (χ4n) is 5.92. The fourth-order valence-corrected chi connectivity index (χ4v) is 5.92. The largest absolute Gasteiger partial charge is 0.507 e. The Balaban J connectivity index is 1.76. The van der Waals surface area contributed by atoms with Crippen molar-refractivity contribution >= 4 is 0 Å². The van der Waals surface area contributed by atoms with Crippen molar-refractivity contribution in [2.75, 3.05) is 0 Å². The van der Waals surface area contributed by atoms with Gasteiger partial charge >= 0.3 is 0 Å². The highest BCUT2D eigenvalue weighted by atomic mass is 16.5. The molecule has 1 heterocycles.